The van der Waals surface area contributed by atoms with Crippen molar-refractivity contribution in [2.45, 2.75) is 5.75 Å². The summed E-state index contributed by atoms with van der Waals surface area (Å²) in [5, 5.41) is 15.7. The maximum atomic E-state index is 12.8. The molecule has 0 fully saturated rings. The van der Waals surface area contributed by atoms with Crippen LogP contribution in [0, 0.1) is 22.6 Å². The second-order valence-corrected chi connectivity index (χ2v) is 3.58. The van der Waals surface area contributed by atoms with Gasteiger partial charge >= 0.3 is 0 Å². The van der Waals surface area contributed by atoms with Gasteiger partial charge in [0, 0.05) is 5.75 Å². The number of hydrogen-bond acceptors (Lipinski definition) is 3. The zero-order chi connectivity index (χ0) is 10.6. The fraction of sp³-hybridized carbons (Fsp3) is 0.111. The van der Waals surface area contributed by atoms with Crippen LogP contribution in [0.4, 0.5) is 4.39 Å². The quantitative estimate of drug-likeness (QED) is 0.576. The van der Waals surface area contributed by atoms with Crippen LogP contribution in [0.3, 0.4) is 0 Å². The summed E-state index contributed by atoms with van der Waals surface area (Å²) < 4.78 is 12.8. The lowest BCUT2D eigenvalue weighted by Crippen LogP contribution is -2.04. The van der Waals surface area contributed by atoms with Gasteiger partial charge in [-0.3, -0.25) is 5.41 Å². The lowest BCUT2D eigenvalue weighted by atomic mass is 10.1. The summed E-state index contributed by atoms with van der Waals surface area (Å²) in [7, 11) is 0. The molecule has 0 atom stereocenters. The zero-order valence-corrected chi connectivity index (χ0v) is 8.07. The summed E-state index contributed by atoms with van der Waals surface area (Å²) in [4.78, 5) is 0. The summed E-state index contributed by atoms with van der Waals surface area (Å²) in [6.45, 7) is 0. The van der Waals surface area contributed by atoms with Crippen molar-refractivity contribution in [2.75, 3.05) is 0 Å². The molecule has 1 rings (SSSR count). The topological polar surface area (TPSA) is 73.7 Å². The second kappa shape index (κ2) is 4.63. The molecule has 0 unspecified atom stereocenters. The van der Waals surface area contributed by atoms with Crippen molar-refractivity contribution in [2.24, 2.45) is 5.73 Å². The van der Waals surface area contributed by atoms with Crippen molar-refractivity contribution in [3.8, 4) is 6.07 Å². The van der Waals surface area contributed by atoms with E-state index in [-0.39, 0.29) is 11.0 Å². The van der Waals surface area contributed by atoms with Crippen LogP contribution < -0.4 is 5.73 Å². The third-order valence-electron chi connectivity index (χ3n) is 1.57. The first-order valence-corrected chi connectivity index (χ1v) is 4.77. The number of amidine groups is 1. The SMILES string of the molecule is N#Cc1ccc(F)cc1CSC(=N)N. The Morgan fingerprint density at radius 2 is 2.36 bits per heavy atom. The molecule has 0 aliphatic heterocycles. The first-order chi connectivity index (χ1) is 6.63. The largest absolute Gasteiger partial charge is 0.379 e. The molecule has 3 nitrogen and oxygen atoms in total. The standard InChI is InChI=1S/C9H8FN3S/c10-8-2-1-6(4-11)7(3-8)5-14-9(12)13/h1-3H,5H2,(H3,12,13). The van der Waals surface area contributed by atoms with Gasteiger partial charge in [-0.2, -0.15) is 5.26 Å². The minimum absolute atomic E-state index is 0.0434. The molecule has 5 heteroatoms. The summed E-state index contributed by atoms with van der Waals surface area (Å²) in [5.74, 6) is -0.0427. The van der Waals surface area contributed by atoms with E-state index in [1.165, 1.54) is 18.2 Å². The predicted octanol–water partition coefficient (Wildman–Crippen LogP) is 1.82. The Balaban J connectivity index is 2.89. The van der Waals surface area contributed by atoms with Gasteiger partial charge in [-0.1, -0.05) is 11.8 Å². The van der Waals surface area contributed by atoms with Crippen molar-refractivity contribution >= 4 is 16.9 Å². The normalized spacial score (nSPS) is 9.43. The number of nitrogens with two attached hydrogens (primary N) is 1. The molecule has 0 aromatic heterocycles. The van der Waals surface area contributed by atoms with Crippen molar-refractivity contribution in [3.05, 3.63) is 35.1 Å². The summed E-state index contributed by atoms with van der Waals surface area (Å²) in [6.07, 6.45) is 0. The van der Waals surface area contributed by atoms with Crippen LogP contribution in [0.1, 0.15) is 11.1 Å². The van der Waals surface area contributed by atoms with Crippen LogP contribution in [0.15, 0.2) is 18.2 Å². The average molecular weight is 209 g/mol. The monoisotopic (exact) mass is 209 g/mol. The van der Waals surface area contributed by atoms with Gasteiger partial charge in [-0.05, 0) is 23.8 Å². The molecule has 0 spiro atoms. The zero-order valence-electron chi connectivity index (χ0n) is 7.25. The lowest BCUT2D eigenvalue weighted by Gasteiger charge is -2.02. The smallest absolute Gasteiger partial charge is 0.151 e. The van der Waals surface area contributed by atoms with Crippen LogP contribution >= 0.6 is 11.8 Å². The molecular weight excluding hydrogens is 201 g/mol. The number of nitriles is 1. The molecule has 0 aliphatic rings. The number of hydrogen-bond donors (Lipinski definition) is 2. The fourth-order valence-electron chi connectivity index (χ4n) is 0.946. The number of rotatable bonds is 2. The first kappa shape index (κ1) is 10.5. The van der Waals surface area contributed by atoms with E-state index in [1.807, 2.05) is 6.07 Å². The molecule has 0 amide bonds. The van der Waals surface area contributed by atoms with Gasteiger partial charge in [0.05, 0.1) is 11.6 Å². The Bertz CT molecular complexity index is 398. The molecular formula is C9H8FN3S. The number of thioether (sulfide) groups is 1. The molecule has 0 saturated heterocycles. The summed E-state index contributed by atoms with van der Waals surface area (Å²) >= 11 is 1.07. The van der Waals surface area contributed by atoms with E-state index >= 15 is 0 Å². The van der Waals surface area contributed by atoms with E-state index < -0.39 is 0 Å². The van der Waals surface area contributed by atoms with Gasteiger partial charge in [0.15, 0.2) is 5.17 Å². The minimum atomic E-state index is -0.386. The van der Waals surface area contributed by atoms with E-state index in [9.17, 15) is 4.39 Å². The maximum Gasteiger partial charge on any atom is 0.151 e. The Morgan fingerprint density at radius 3 is 2.93 bits per heavy atom. The molecule has 72 valence electrons. The van der Waals surface area contributed by atoms with Crippen molar-refractivity contribution in [1.29, 1.82) is 10.7 Å². The summed E-state index contributed by atoms with van der Waals surface area (Å²) in [5.41, 5.74) is 6.12. The number of nitrogens with zero attached hydrogens (tertiary/aromatic N) is 1. The number of benzene rings is 1. The Morgan fingerprint density at radius 1 is 1.64 bits per heavy atom. The van der Waals surface area contributed by atoms with Gasteiger partial charge in [-0.25, -0.2) is 4.39 Å². The maximum absolute atomic E-state index is 12.8. The molecule has 0 heterocycles. The third kappa shape index (κ3) is 2.75. The molecule has 1 aromatic carbocycles. The highest BCUT2D eigenvalue weighted by molar-refractivity contribution is 8.13. The average Bonchev–Trinajstić information content (AvgIpc) is 2.15. The highest BCUT2D eigenvalue weighted by Crippen LogP contribution is 2.16. The molecule has 0 aliphatic carbocycles. The minimum Gasteiger partial charge on any atom is -0.379 e. The van der Waals surface area contributed by atoms with Crippen LogP contribution in [0.25, 0.3) is 0 Å². The summed E-state index contributed by atoms with van der Waals surface area (Å²) in [6, 6.07) is 5.90. The van der Waals surface area contributed by atoms with Gasteiger partial charge < -0.3 is 5.73 Å². The van der Waals surface area contributed by atoms with Crippen molar-refractivity contribution < 1.29 is 4.39 Å². The van der Waals surface area contributed by atoms with Crippen LogP contribution in [0.5, 0.6) is 0 Å². The lowest BCUT2D eigenvalue weighted by molar-refractivity contribution is 0.626. The van der Waals surface area contributed by atoms with E-state index in [0.717, 1.165) is 11.8 Å². The van der Waals surface area contributed by atoms with E-state index in [0.29, 0.717) is 16.9 Å². The van der Waals surface area contributed by atoms with Crippen LogP contribution in [-0.2, 0) is 5.75 Å². The molecule has 3 N–H and O–H groups in total. The number of nitrogens with one attached hydrogen (secondary N) is 1. The highest BCUT2D eigenvalue weighted by atomic mass is 32.2. The molecule has 1 aromatic rings. The van der Waals surface area contributed by atoms with E-state index in [4.69, 9.17) is 16.4 Å². The second-order valence-electron chi connectivity index (χ2n) is 2.57. The molecule has 0 radical (unpaired) electrons. The van der Waals surface area contributed by atoms with Gasteiger partial charge in [0.25, 0.3) is 0 Å². The highest BCUT2D eigenvalue weighted by Gasteiger charge is 2.04. The number of halogens is 1. The van der Waals surface area contributed by atoms with Crippen molar-refractivity contribution in [1.82, 2.24) is 0 Å². The predicted molar refractivity (Wildman–Crippen MR) is 54.3 cm³/mol. The first-order valence-electron chi connectivity index (χ1n) is 3.79. The molecule has 0 bridgehead atoms. The van der Waals surface area contributed by atoms with Crippen molar-refractivity contribution in [3.63, 3.8) is 0 Å². The Hall–Kier alpha value is -1.54. The van der Waals surface area contributed by atoms with Crippen LogP contribution in [-0.4, -0.2) is 5.17 Å². The Labute approximate surface area is 85.2 Å². The van der Waals surface area contributed by atoms with E-state index in [1.54, 1.807) is 0 Å². The molecule has 0 saturated carbocycles. The Kier molecular flexibility index (Phi) is 3.48. The molecule has 14 heavy (non-hydrogen) atoms. The van der Waals surface area contributed by atoms with E-state index in [2.05, 4.69) is 0 Å². The van der Waals surface area contributed by atoms with Gasteiger partial charge in [-0.15, -0.1) is 0 Å². The van der Waals surface area contributed by atoms with Crippen LogP contribution in [0.2, 0.25) is 0 Å². The van der Waals surface area contributed by atoms with Gasteiger partial charge in [0.2, 0.25) is 0 Å². The van der Waals surface area contributed by atoms with Gasteiger partial charge in [0.1, 0.15) is 5.82 Å². The third-order valence-corrected chi connectivity index (χ3v) is 2.34. The fourth-order valence-corrected chi connectivity index (χ4v) is 1.50.